The number of carbonyl (C=O) groups excluding carboxylic acids is 2. The minimum absolute atomic E-state index is 0.0186. The highest BCUT2D eigenvalue weighted by atomic mass is 35.5. The van der Waals surface area contributed by atoms with Gasteiger partial charge in [-0.2, -0.15) is 4.31 Å². The number of anilines is 1. The van der Waals surface area contributed by atoms with E-state index in [2.05, 4.69) is 10.1 Å². The van der Waals surface area contributed by atoms with Crippen molar-refractivity contribution in [2.24, 2.45) is 0 Å². The summed E-state index contributed by atoms with van der Waals surface area (Å²) < 4.78 is 37.5. The van der Waals surface area contributed by atoms with Crippen LogP contribution in [0.3, 0.4) is 0 Å². The third-order valence-electron chi connectivity index (χ3n) is 5.10. The van der Waals surface area contributed by atoms with Gasteiger partial charge in [0.05, 0.1) is 24.2 Å². The van der Waals surface area contributed by atoms with E-state index in [1.165, 1.54) is 42.7 Å². The minimum atomic E-state index is -3.80. The van der Waals surface area contributed by atoms with Gasteiger partial charge < -0.3 is 14.8 Å². The van der Waals surface area contributed by atoms with Gasteiger partial charge in [0.2, 0.25) is 10.0 Å². The van der Waals surface area contributed by atoms with Gasteiger partial charge in [-0.15, -0.1) is 0 Å². The highest BCUT2D eigenvalue weighted by Crippen LogP contribution is 2.26. The fraction of sp³-hybridized carbons (Fsp3) is 0.200. The van der Waals surface area contributed by atoms with Crippen LogP contribution in [0.1, 0.15) is 33.2 Å². The molecule has 0 fully saturated rings. The molecule has 0 heterocycles. The van der Waals surface area contributed by atoms with Gasteiger partial charge in [0.15, 0.2) is 0 Å². The lowest BCUT2D eigenvalue weighted by molar-refractivity contribution is 0.0600. The quantitative estimate of drug-likeness (QED) is 0.417. The number of nitrogens with one attached hydrogen (secondary N) is 1. The van der Waals surface area contributed by atoms with E-state index in [-0.39, 0.29) is 11.4 Å². The molecule has 1 N–H and O–H groups in total. The molecule has 3 rings (SSSR count). The lowest BCUT2D eigenvalue weighted by Gasteiger charge is -2.20. The van der Waals surface area contributed by atoms with E-state index in [0.29, 0.717) is 39.8 Å². The summed E-state index contributed by atoms with van der Waals surface area (Å²) in [4.78, 5) is 24.5. The van der Waals surface area contributed by atoms with E-state index in [1.807, 2.05) is 6.92 Å². The highest BCUT2D eigenvalue weighted by Gasteiger charge is 2.23. The van der Waals surface area contributed by atoms with Crippen molar-refractivity contribution >= 4 is 39.2 Å². The molecule has 0 aromatic heterocycles. The van der Waals surface area contributed by atoms with Gasteiger partial charge in [0, 0.05) is 35.4 Å². The highest BCUT2D eigenvalue weighted by molar-refractivity contribution is 7.89. The largest absolute Gasteiger partial charge is 0.494 e. The number of benzene rings is 3. The summed E-state index contributed by atoms with van der Waals surface area (Å²) in [7, 11) is -1.05. The number of halogens is 1. The monoisotopic (exact) mass is 516 g/mol. The number of sulfonamides is 1. The first-order chi connectivity index (χ1) is 16.6. The molecule has 0 bridgehead atoms. The summed E-state index contributed by atoms with van der Waals surface area (Å²) in [6, 6.07) is 17.0. The first-order valence-electron chi connectivity index (χ1n) is 10.6. The van der Waals surface area contributed by atoms with Gasteiger partial charge >= 0.3 is 5.97 Å². The van der Waals surface area contributed by atoms with Crippen LogP contribution in [-0.4, -0.2) is 45.4 Å². The van der Waals surface area contributed by atoms with Crippen molar-refractivity contribution < 1.29 is 27.5 Å². The molecule has 0 saturated heterocycles. The number of carbonyl (C=O) groups is 2. The molecule has 184 valence electrons. The van der Waals surface area contributed by atoms with E-state index in [1.54, 1.807) is 42.5 Å². The predicted molar refractivity (Wildman–Crippen MR) is 133 cm³/mol. The molecule has 10 heteroatoms. The second kappa shape index (κ2) is 11.4. The maximum Gasteiger partial charge on any atom is 0.337 e. The summed E-state index contributed by atoms with van der Waals surface area (Å²) in [6.45, 7) is 2.17. The van der Waals surface area contributed by atoms with Crippen LogP contribution < -0.4 is 10.1 Å². The van der Waals surface area contributed by atoms with Crippen molar-refractivity contribution in [2.75, 3.05) is 26.1 Å². The molecule has 0 aliphatic heterocycles. The molecule has 3 aromatic rings. The zero-order chi connectivity index (χ0) is 25.6. The van der Waals surface area contributed by atoms with E-state index in [4.69, 9.17) is 16.3 Å². The second-order valence-electron chi connectivity index (χ2n) is 7.49. The van der Waals surface area contributed by atoms with E-state index < -0.39 is 21.9 Å². The van der Waals surface area contributed by atoms with Gasteiger partial charge in [-0.3, -0.25) is 4.79 Å². The number of hydrogen-bond acceptors (Lipinski definition) is 6. The normalized spacial score (nSPS) is 11.2. The van der Waals surface area contributed by atoms with E-state index in [0.717, 1.165) is 0 Å². The van der Waals surface area contributed by atoms with Gasteiger partial charge in [-0.1, -0.05) is 11.6 Å². The van der Waals surface area contributed by atoms with Crippen LogP contribution in [0.2, 0.25) is 5.02 Å². The third kappa shape index (κ3) is 6.39. The Morgan fingerprint density at radius 2 is 1.60 bits per heavy atom. The van der Waals surface area contributed by atoms with Crippen molar-refractivity contribution in [1.82, 2.24) is 4.31 Å². The van der Waals surface area contributed by atoms with Crippen molar-refractivity contribution in [3.8, 4) is 5.75 Å². The lowest BCUT2D eigenvalue weighted by atomic mass is 10.1. The maximum absolute atomic E-state index is 13.0. The molecule has 0 aliphatic rings. The van der Waals surface area contributed by atoms with Crippen LogP contribution in [0.5, 0.6) is 5.75 Å². The number of amides is 1. The first-order valence-corrected chi connectivity index (χ1v) is 12.4. The molecule has 0 atom stereocenters. The topological polar surface area (TPSA) is 102 Å². The van der Waals surface area contributed by atoms with Gasteiger partial charge in [0.1, 0.15) is 5.75 Å². The molecular weight excluding hydrogens is 492 g/mol. The Kier molecular flexibility index (Phi) is 8.50. The SMILES string of the molecule is CCOc1ccc(C(=O)Nc2ccc(C(=O)OC)cc2)cc1CN(C)S(=O)(=O)c1ccc(Cl)cc1. The zero-order valence-corrected chi connectivity index (χ0v) is 21.0. The predicted octanol–water partition coefficient (Wildman–Crippen LogP) is 4.60. The van der Waals surface area contributed by atoms with Crippen LogP contribution >= 0.6 is 11.6 Å². The van der Waals surface area contributed by atoms with Gasteiger partial charge in [0.25, 0.3) is 5.91 Å². The molecule has 35 heavy (non-hydrogen) atoms. The molecule has 0 saturated carbocycles. The summed E-state index contributed by atoms with van der Waals surface area (Å²) in [5.74, 6) is -0.398. The Hall–Kier alpha value is -3.40. The molecular formula is C25H25ClN2O6S. The van der Waals surface area contributed by atoms with Crippen LogP contribution in [-0.2, 0) is 21.3 Å². The maximum atomic E-state index is 13.0. The van der Waals surface area contributed by atoms with Crippen molar-refractivity contribution in [1.29, 1.82) is 0 Å². The summed E-state index contributed by atoms with van der Waals surface area (Å²) in [5.41, 5.74) is 1.69. The molecule has 3 aromatic carbocycles. The number of esters is 1. The first kappa shape index (κ1) is 26.2. The van der Waals surface area contributed by atoms with Crippen molar-refractivity contribution in [2.45, 2.75) is 18.4 Å². The van der Waals surface area contributed by atoms with Crippen LogP contribution in [0.25, 0.3) is 0 Å². The Labute approximate surface area is 209 Å². The Morgan fingerprint density at radius 3 is 2.20 bits per heavy atom. The van der Waals surface area contributed by atoms with Crippen LogP contribution in [0.4, 0.5) is 5.69 Å². The molecule has 1 amide bonds. The molecule has 0 aliphatic carbocycles. The molecule has 0 radical (unpaired) electrons. The number of rotatable bonds is 9. The number of nitrogens with zero attached hydrogens (tertiary/aromatic N) is 1. The van der Waals surface area contributed by atoms with E-state index in [9.17, 15) is 18.0 Å². The standard InChI is InChI=1S/C25H25ClN2O6S/c1-4-34-23-14-7-18(24(29)27-21-10-5-17(6-11-21)25(30)33-3)15-19(23)16-28(2)35(31,32)22-12-8-20(26)9-13-22/h5-15H,4,16H2,1-3H3,(H,27,29). The fourth-order valence-electron chi connectivity index (χ4n) is 3.26. The molecule has 8 nitrogen and oxygen atoms in total. The number of methoxy groups -OCH3 is 1. The number of ether oxygens (including phenoxy) is 2. The van der Waals surface area contributed by atoms with Crippen LogP contribution in [0, 0.1) is 0 Å². The van der Waals surface area contributed by atoms with Crippen molar-refractivity contribution in [3.63, 3.8) is 0 Å². The second-order valence-corrected chi connectivity index (χ2v) is 9.97. The average Bonchev–Trinajstić information content (AvgIpc) is 2.85. The summed E-state index contributed by atoms with van der Waals surface area (Å²) in [6.07, 6.45) is 0. The molecule has 0 unspecified atom stereocenters. The van der Waals surface area contributed by atoms with Crippen molar-refractivity contribution in [3.05, 3.63) is 88.4 Å². The summed E-state index contributed by atoms with van der Waals surface area (Å²) in [5, 5.41) is 3.19. The lowest BCUT2D eigenvalue weighted by Crippen LogP contribution is -2.27. The minimum Gasteiger partial charge on any atom is -0.494 e. The average molecular weight is 517 g/mol. The van der Waals surface area contributed by atoms with Crippen LogP contribution in [0.15, 0.2) is 71.6 Å². The van der Waals surface area contributed by atoms with Gasteiger partial charge in [-0.05, 0) is 73.7 Å². The Morgan fingerprint density at radius 1 is 0.971 bits per heavy atom. The summed E-state index contributed by atoms with van der Waals surface area (Å²) >= 11 is 5.88. The molecule has 0 spiro atoms. The third-order valence-corrected chi connectivity index (χ3v) is 7.17. The Bertz CT molecular complexity index is 1310. The fourth-order valence-corrected chi connectivity index (χ4v) is 4.54. The van der Waals surface area contributed by atoms with Gasteiger partial charge in [-0.25, -0.2) is 13.2 Å². The zero-order valence-electron chi connectivity index (χ0n) is 19.4. The Balaban J connectivity index is 1.83. The van der Waals surface area contributed by atoms with E-state index >= 15 is 0 Å². The smallest absolute Gasteiger partial charge is 0.337 e. The number of hydrogen-bond donors (Lipinski definition) is 1.